The molecule has 2 aromatic rings. The number of aryl methyl sites for hydroxylation is 2. The Morgan fingerprint density at radius 3 is 2.12 bits per heavy atom. The summed E-state index contributed by atoms with van der Waals surface area (Å²) in [5.41, 5.74) is 10.6. The van der Waals surface area contributed by atoms with E-state index in [9.17, 15) is 5.11 Å². The van der Waals surface area contributed by atoms with Crippen LogP contribution in [0.5, 0.6) is 5.75 Å². The molecule has 0 amide bonds. The van der Waals surface area contributed by atoms with Crippen LogP contribution < -0.4 is 5.73 Å². The maximum atomic E-state index is 9.56. The summed E-state index contributed by atoms with van der Waals surface area (Å²) in [5, 5.41) is 9.56. The number of phenolic OH excluding ortho intramolecular Hbond substituents is 1. The van der Waals surface area contributed by atoms with Crippen LogP contribution in [0.4, 0.5) is 5.69 Å². The van der Waals surface area contributed by atoms with E-state index in [2.05, 4.69) is 26.0 Å². The molecule has 0 radical (unpaired) electrons. The number of nitrogen functional groups attached to an aromatic ring is 1. The van der Waals surface area contributed by atoms with Gasteiger partial charge in [-0.3, -0.25) is 0 Å². The molecule has 2 aromatic carbocycles. The van der Waals surface area contributed by atoms with Crippen LogP contribution in [0.1, 0.15) is 11.1 Å². The highest BCUT2D eigenvalue weighted by molar-refractivity contribution is 5.70. The van der Waals surface area contributed by atoms with E-state index in [4.69, 9.17) is 5.73 Å². The predicted molar refractivity (Wildman–Crippen MR) is 67.4 cm³/mol. The van der Waals surface area contributed by atoms with Crippen molar-refractivity contribution in [2.24, 2.45) is 0 Å². The van der Waals surface area contributed by atoms with Gasteiger partial charge in [0.1, 0.15) is 5.75 Å². The first-order valence-corrected chi connectivity index (χ1v) is 5.24. The zero-order chi connectivity index (χ0) is 11.7. The minimum Gasteiger partial charge on any atom is -0.506 e. The quantitative estimate of drug-likeness (QED) is 0.564. The van der Waals surface area contributed by atoms with Crippen LogP contribution in [0.15, 0.2) is 36.4 Å². The van der Waals surface area contributed by atoms with Crippen molar-refractivity contribution in [3.63, 3.8) is 0 Å². The highest BCUT2D eigenvalue weighted by atomic mass is 16.3. The van der Waals surface area contributed by atoms with Gasteiger partial charge < -0.3 is 10.8 Å². The molecule has 82 valence electrons. The van der Waals surface area contributed by atoms with Crippen molar-refractivity contribution in [3.05, 3.63) is 47.5 Å². The van der Waals surface area contributed by atoms with Crippen LogP contribution in [0.2, 0.25) is 0 Å². The number of nitrogens with two attached hydrogens (primary N) is 1. The van der Waals surface area contributed by atoms with Crippen LogP contribution in [0.3, 0.4) is 0 Å². The fraction of sp³-hybridized carbons (Fsp3) is 0.143. The molecule has 2 rings (SSSR count). The van der Waals surface area contributed by atoms with Gasteiger partial charge in [0, 0.05) is 0 Å². The van der Waals surface area contributed by atoms with Gasteiger partial charge in [-0.2, -0.15) is 0 Å². The lowest BCUT2D eigenvalue weighted by molar-refractivity contribution is 0.478. The lowest BCUT2D eigenvalue weighted by atomic mass is 10.00. The number of anilines is 1. The zero-order valence-corrected chi connectivity index (χ0v) is 9.49. The second-order valence-corrected chi connectivity index (χ2v) is 4.07. The molecule has 0 unspecified atom stereocenters. The van der Waals surface area contributed by atoms with Gasteiger partial charge in [-0.15, -0.1) is 0 Å². The Labute approximate surface area is 95.4 Å². The number of rotatable bonds is 1. The van der Waals surface area contributed by atoms with Crippen molar-refractivity contribution in [1.82, 2.24) is 0 Å². The Morgan fingerprint density at radius 1 is 0.875 bits per heavy atom. The second kappa shape index (κ2) is 3.89. The van der Waals surface area contributed by atoms with E-state index in [1.54, 1.807) is 12.1 Å². The van der Waals surface area contributed by atoms with Crippen molar-refractivity contribution in [3.8, 4) is 16.9 Å². The van der Waals surface area contributed by atoms with Crippen molar-refractivity contribution in [2.45, 2.75) is 13.8 Å². The summed E-state index contributed by atoms with van der Waals surface area (Å²) in [4.78, 5) is 0. The molecule has 0 atom stereocenters. The average molecular weight is 213 g/mol. The molecule has 0 saturated carbocycles. The number of phenols is 1. The molecule has 3 N–H and O–H groups in total. The van der Waals surface area contributed by atoms with Crippen molar-refractivity contribution < 1.29 is 5.11 Å². The first-order valence-electron chi connectivity index (χ1n) is 5.24. The summed E-state index contributed by atoms with van der Waals surface area (Å²) in [6.07, 6.45) is 0. The van der Waals surface area contributed by atoms with Gasteiger partial charge >= 0.3 is 0 Å². The molecule has 16 heavy (non-hydrogen) atoms. The van der Waals surface area contributed by atoms with E-state index in [0.29, 0.717) is 5.69 Å². The Kier molecular flexibility index (Phi) is 2.57. The Morgan fingerprint density at radius 2 is 1.50 bits per heavy atom. The van der Waals surface area contributed by atoms with E-state index in [0.717, 1.165) is 11.1 Å². The molecule has 2 nitrogen and oxygen atoms in total. The number of benzene rings is 2. The minimum atomic E-state index is 0.135. The molecule has 0 aliphatic rings. The van der Waals surface area contributed by atoms with Crippen LogP contribution >= 0.6 is 0 Å². The molecule has 0 saturated heterocycles. The SMILES string of the molecule is Cc1ccc(-c2ccc(N)c(O)c2)cc1C. The van der Waals surface area contributed by atoms with Gasteiger partial charge in [-0.05, 0) is 48.2 Å². The van der Waals surface area contributed by atoms with E-state index in [-0.39, 0.29) is 5.75 Å². The lowest BCUT2D eigenvalue weighted by Crippen LogP contribution is -1.87. The van der Waals surface area contributed by atoms with Gasteiger partial charge in [-0.25, -0.2) is 0 Å². The summed E-state index contributed by atoms with van der Waals surface area (Å²) < 4.78 is 0. The molecular weight excluding hydrogens is 198 g/mol. The van der Waals surface area contributed by atoms with Crippen LogP contribution in [0, 0.1) is 13.8 Å². The lowest BCUT2D eigenvalue weighted by Gasteiger charge is -2.07. The number of hydrogen-bond donors (Lipinski definition) is 2. The highest BCUT2D eigenvalue weighted by Crippen LogP contribution is 2.28. The maximum Gasteiger partial charge on any atom is 0.139 e. The summed E-state index contributed by atoms with van der Waals surface area (Å²) in [6.45, 7) is 4.16. The molecule has 2 heteroatoms. The number of hydrogen-bond acceptors (Lipinski definition) is 2. The van der Waals surface area contributed by atoms with E-state index in [1.807, 2.05) is 12.1 Å². The first kappa shape index (κ1) is 10.6. The summed E-state index contributed by atoms with van der Waals surface area (Å²) in [7, 11) is 0. The summed E-state index contributed by atoms with van der Waals surface area (Å²) in [5.74, 6) is 0.135. The van der Waals surface area contributed by atoms with E-state index >= 15 is 0 Å². The third-order valence-corrected chi connectivity index (χ3v) is 2.87. The molecule has 0 aliphatic heterocycles. The minimum absolute atomic E-state index is 0.135. The van der Waals surface area contributed by atoms with Crippen molar-refractivity contribution in [1.29, 1.82) is 0 Å². The summed E-state index contributed by atoms with van der Waals surface area (Å²) >= 11 is 0. The second-order valence-electron chi connectivity index (χ2n) is 4.07. The summed E-state index contributed by atoms with van der Waals surface area (Å²) in [6, 6.07) is 11.6. The number of aromatic hydroxyl groups is 1. The average Bonchev–Trinajstić information content (AvgIpc) is 2.26. The van der Waals surface area contributed by atoms with E-state index in [1.165, 1.54) is 11.1 Å². The fourth-order valence-corrected chi connectivity index (χ4v) is 1.64. The largest absolute Gasteiger partial charge is 0.506 e. The fourth-order valence-electron chi connectivity index (χ4n) is 1.64. The molecule has 0 aliphatic carbocycles. The predicted octanol–water partition coefficient (Wildman–Crippen LogP) is 3.26. The Bertz CT molecular complexity index is 483. The molecule has 0 heterocycles. The van der Waals surface area contributed by atoms with Gasteiger partial charge in [0.2, 0.25) is 0 Å². The Balaban J connectivity index is 2.50. The third-order valence-electron chi connectivity index (χ3n) is 2.87. The van der Waals surface area contributed by atoms with Crippen molar-refractivity contribution in [2.75, 3.05) is 5.73 Å². The van der Waals surface area contributed by atoms with E-state index < -0.39 is 0 Å². The smallest absolute Gasteiger partial charge is 0.139 e. The molecule has 0 spiro atoms. The van der Waals surface area contributed by atoms with Gasteiger partial charge in [0.25, 0.3) is 0 Å². The third kappa shape index (κ3) is 1.87. The monoisotopic (exact) mass is 213 g/mol. The molecule has 0 fully saturated rings. The normalized spacial score (nSPS) is 10.4. The highest BCUT2D eigenvalue weighted by Gasteiger charge is 2.02. The Hall–Kier alpha value is -1.96. The first-order chi connectivity index (χ1) is 7.58. The maximum absolute atomic E-state index is 9.56. The topological polar surface area (TPSA) is 46.2 Å². The molecular formula is C14H15NO. The van der Waals surface area contributed by atoms with Crippen LogP contribution in [0.25, 0.3) is 11.1 Å². The van der Waals surface area contributed by atoms with Crippen LogP contribution in [-0.4, -0.2) is 5.11 Å². The van der Waals surface area contributed by atoms with Gasteiger partial charge in [0.15, 0.2) is 0 Å². The molecule has 0 aromatic heterocycles. The molecule has 0 bridgehead atoms. The zero-order valence-electron chi connectivity index (χ0n) is 9.49. The van der Waals surface area contributed by atoms with Gasteiger partial charge in [0.05, 0.1) is 5.69 Å². The van der Waals surface area contributed by atoms with Gasteiger partial charge in [-0.1, -0.05) is 24.3 Å². The van der Waals surface area contributed by atoms with Crippen LogP contribution in [-0.2, 0) is 0 Å². The standard InChI is InChI=1S/C14H15NO/c1-9-3-4-11(7-10(9)2)12-5-6-13(15)14(16)8-12/h3-8,16H,15H2,1-2H3. The van der Waals surface area contributed by atoms with Crippen molar-refractivity contribution >= 4 is 5.69 Å².